The molecule has 1 aliphatic heterocycles. The van der Waals surface area contributed by atoms with Crippen molar-refractivity contribution in [1.82, 2.24) is 4.90 Å². The first-order valence-electron chi connectivity index (χ1n) is 6.77. The summed E-state index contributed by atoms with van der Waals surface area (Å²) >= 11 is 0. The standard InChI is InChI=1S/C13H23N3O2/c1-9-3-5-10(6-4-9)11-12(14)15-13(17)16(11)7-8-18-2/h9-11H,3-8H2,1-2H3,(H2,14,15,17). The van der Waals surface area contributed by atoms with E-state index in [2.05, 4.69) is 11.9 Å². The number of methoxy groups -OCH3 is 1. The van der Waals surface area contributed by atoms with Crippen molar-refractivity contribution in [2.24, 2.45) is 22.6 Å². The molecule has 1 aliphatic carbocycles. The van der Waals surface area contributed by atoms with Crippen molar-refractivity contribution in [2.45, 2.75) is 38.6 Å². The molecule has 2 aliphatic rings. The lowest BCUT2D eigenvalue weighted by Gasteiger charge is -2.35. The predicted octanol–water partition coefficient (Wildman–Crippen LogP) is 1.62. The van der Waals surface area contributed by atoms with E-state index in [1.54, 1.807) is 12.0 Å². The van der Waals surface area contributed by atoms with E-state index in [1.807, 2.05) is 0 Å². The first kappa shape index (κ1) is 13.3. The van der Waals surface area contributed by atoms with Gasteiger partial charge in [0.15, 0.2) is 0 Å². The Morgan fingerprint density at radius 3 is 2.67 bits per heavy atom. The highest BCUT2D eigenvalue weighted by Crippen LogP contribution is 2.34. The van der Waals surface area contributed by atoms with Crippen LogP contribution < -0.4 is 5.73 Å². The van der Waals surface area contributed by atoms with Crippen LogP contribution in [0.25, 0.3) is 0 Å². The Morgan fingerprint density at radius 2 is 2.06 bits per heavy atom. The molecular formula is C13H23N3O2. The van der Waals surface area contributed by atoms with Gasteiger partial charge in [-0.1, -0.05) is 19.8 Å². The number of hydrogen-bond donors (Lipinski definition) is 1. The molecule has 0 radical (unpaired) electrons. The second-order valence-electron chi connectivity index (χ2n) is 5.47. The topological polar surface area (TPSA) is 67.9 Å². The normalized spacial score (nSPS) is 32.8. The number of nitrogens with zero attached hydrogens (tertiary/aromatic N) is 2. The van der Waals surface area contributed by atoms with E-state index in [9.17, 15) is 4.79 Å². The van der Waals surface area contributed by atoms with Gasteiger partial charge in [0.2, 0.25) is 0 Å². The Morgan fingerprint density at radius 1 is 1.39 bits per heavy atom. The predicted molar refractivity (Wildman–Crippen MR) is 70.5 cm³/mol. The zero-order valence-electron chi connectivity index (χ0n) is 11.3. The number of amides is 2. The number of nitrogens with two attached hydrogens (primary N) is 1. The SMILES string of the molecule is COCCN1C(=O)N=C(N)C1C1CCC(C)CC1. The largest absolute Gasteiger partial charge is 0.385 e. The highest BCUT2D eigenvalue weighted by atomic mass is 16.5. The number of carbonyl (C=O) groups excluding carboxylic acids is 1. The molecule has 5 nitrogen and oxygen atoms in total. The smallest absolute Gasteiger partial charge is 0.345 e. The molecule has 1 saturated carbocycles. The summed E-state index contributed by atoms with van der Waals surface area (Å²) in [4.78, 5) is 17.5. The zero-order chi connectivity index (χ0) is 13.1. The van der Waals surface area contributed by atoms with E-state index in [4.69, 9.17) is 10.5 Å². The van der Waals surface area contributed by atoms with Crippen molar-refractivity contribution in [3.63, 3.8) is 0 Å². The number of urea groups is 1. The van der Waals surface area contributed by atoms with E-state index in [0.29, 0.717) is 24.9 Å². The number of carbonyl (C=O) groups is 1. The molecule has 102 valence electrons. The highest BCUT2D eigenvalue weighted by molar-refractivity contribution is 6.03. The van der Waals surface area contributed by atoms with E-state index in [1.165, 1.54) is 12.8 Å². The van der Waals surface area contributed by atoms with Crippen LogP contribution in [0.1, 0.15) is 32.6 Å². The molecule has 0 bridgehead atoms. The lowest BCUT2D eigenvalue weighted by Crippen LogP contribution is -2.47. The van der Waals surface area contributed by atoms with Crippen LogP contribution >= 0.6 is 0 Å². The maximum absolute atomic E-state index is 11.8. The second kappa shape index (κ2) is 5.69. The van der Waals surface area contributed by atoms with Gasteiger partial charge in [-0.3, -0.25) is 0 Å². The molecule has 1 atom stereocenters. The van der Waals surface area contributed by atoms with Crippen LogP contribution in [0.2, 0.25) is 0 Å². The van der Waals surface area contributed by atoms with Gasteiger partial charge in [-0.05, 0) is 24.7 Å². The fraction of sp³-hybridized carbons (Fsp3) is 0.846. The van der Waals surface area contributed by atoms with Gasteiger partial charge in [0, 0.05) is 13.7 Å². The molecule has 0 saturated heterocycles. The molecule has 0 spiro atoms. The molecule has 18 heavy (non-hydrogen) atoms. The van der Waals surface area contributed by atoms with Gasteiger partial charge in [-0.2, -0.15) is 4.99 Å². The quantitative estimate of drug-likeness (QED) is 0.827. The number of hydrogen-bond acceptors (Lipinski definition) is 3. The minimum atomic E-state index is -0.201. The molecule has 5 heteroatoms. The summed E-state index contributed by atoms with van der Waals surface area (Å²) in [5, 5.41) is 0. The van der Waals surface area contributed by atoms with Gasteiger partial charge in [-0.25, -0.2) is 4.79 Å². The zero-order valence-corrected chi connectivity index (χ0v) is 11.3. The molecule has 0 aromatic rings. The molecule has 1 unspecified atom stereocenters. The maximum Gasteiger partial charge on any atom is 0.345 e. The fourth-order valence-electron chi connectivity index (χ4n) is 3.04. The third kappa shape index (κ3) is 2.66. The Labute approximate surface area is 108 Å². The maximum atomic E-state index is 11.8. The van der Waals surface area contributed by atoms with Crippen molar-refractivity contribution in [3.8, 4) is 0 Å². The lowest BCUT2D eigenvalue weighted by atomic mass is 9.78. The molecular weight excluding hydrogens is 230 g/mol. The van der Waals surface area contributed by atoms with E-state index in [-0.39, 0.29) is 12.1 Å². The van der Waals surface area contributed by atoms with Crippen molar-refractivity contribution < 1.29 is 9.53 Å². The lowest BCUT2D eigenvalue weighted by molar-refractivity contribution is 0.126. The van der Waals surface area contributed by atoms with Crippen LogP contribution in [0.4, 0.5) is 4.79 Å². The van der Waals surface area contributed by atoms with Crippen LogP contribution in [-0.4, -0.2) is 43.1 Å². The highest BCUT2D eigenvalue weighted by Gasteiger charge is 2.39. The molecule has 0 aromatic heterocycles. The van der Waals surface area contributed by atoms with Crippen LogP contribution in [0.3, 0.4) is 0 Å². The van der Waals surface area contributed by atoms with Crippen LogP contribution in [-0.2, 0) is 4.74 Å². The van der Waals surface area contributed by atoms with Gasteiger partial charge in [0.05, 0.1) is 12.6 Å². The van der Waals surface area contributed by atoms with Crippen LogP contribution in [0.5, 0.6) is 0 Å². The molecule has 2 rings (SSSR count). The Kier molecular flexibility index (Phi) is 4.22. The summed E-state index contributed by atoms with van der Waals surface area (Å²) in [5.41, 5.74) is 5.94. The van der Waals surface area contributed by atoms with Crippen molar-refractivity contribution in [3.05, 3.63) is 0 Å². The number of ether oxygens (including phenoxy) is 1. The fourth-order valence-corrected chi connectivity index (χ4v) is 3.04. The van der Waals surface area contributed by atoms with E-state index >= 15 is 0 Å². The summed E-state index contributed by atoms with van der Waals surface area (Å²) in [7, 11) is 1.64. The molecule has 2 amide bonds. The van der Waals surface area contributed by atoms with Gasteiger partial charge < -0.3 is 15.4 Å². The molecule has 1 heterocycles. The monoisotopic (exact) mass is 253 g/mol. The molecule has 1 fully saturated rings. The van der Waals surface area contributed by atoms with Crippen LogP contribution in [0.15, 0.2) is 4.99 Å². The summed E-state index contributed by atoms with van der Waals surface area (Å²) in [6, 6.07) is -0.201. The van der Waals surface area contributed by atoms with E-state index in [0.717, 1.165) is 18.8 Å². The van der Waals surface area contributed by atoms with Gasteiger partial charge in [-0.15, -0.1) is 0 Å². The van der Waals surface area contributed by atoms with Gasteiger partial charge >= 0.3 is 6.03 Å². The van der Waals surface area contributed by atoms with E-state index < -0.39 is 0 Å². The minimum Gasteiger partial charge on any atom is -0.385 e. The summed E-state index contributed by atoms with van der Waals surface area (Å²) in [6.45, 7) is 3.40. The Bertz CT molecular complexity index is 335. The minimum absolute atomic E-state index is 0.000139. The first-order chi connectivity index (χ1) is 8.63. The second-order valence-corrected chi connectivity index (χ2v) is 5.47. The average Bonchev–Trinajstić information content (AvgIpc) is 2.62. The third-order valence-electron chi connectivity index (χ3n) is 4.15. The number of rotatable bonds is 4. The number of amidine groups is 1. The third-order valence-corrected chi connectivity index (χ3v) is 4.15. The number of aliphatic imine (C=N–C) groups is 1. The Balaban J connectivity index is 2.03. The van der Waals surface area contributed by atoms with Crippen molar-refractivity contribution in [2.75, 3.05) is 20.3 Å². The Hall–Kier alpha value is -1.10. The van der Waals surface area contributed by atoms with Gasteiger partial charge in [0.1, 0.15) is 5.84 Å². The van der Waals surface area contributed by atoms with Crippen molar-refractivity contribution in [1.29, 1.82) is 0 Å². The summed E-state index contributed by atoms with van der Waals surface area (Å²) in [6.07, 6.45) is 4.72. The average molecular weight is 253 g/mol. The van der Waals surface area contributed by atoms with Crippen LogP contribution in [0, 0.1) is 11.8 Å². The summed E-state index contributed by atoms with van der Waals surface area (Å²) in [5.74, 6) is 1.76. The molecule has 2 N–H and O–H groups in total. The van der Waals surface area contributed by atoms with Gasteiger partial charge in [0.25, 0.3) is 0 Å². The molecule has 0 aromatic carbocycles. The first-order valence-corrected chi connectivity index (χ1v) is 6.77. The van der Waals surface area contributed by atoms with Crippen molar-refractivity contribution >= 4 is 11.9 Å². The summed E-state index contributed by atoms with van der Waals surface area (Å²) < 4.78 is 5.05.